The number of pyridine rings is 1. The van der Waals surface area contributed by atoms with Crippen LogP contribution < -0.4 is 21.7 Å². The van der Waals surface area contributed by atoms with E-state index in [1.807, 2.05) is 6.92 Å². The van der Waals surface area contributed by atoms with Gasteiger partial charge in [-0.2, -0.15) is 5.10 Å². The van der Waals surface area contributed by atoms with Gasteiger partial charge in [0.2, 0.25) is 0 Å². The van der Waals surface area contributed by atoms with Crippen molar-refractivity contribution in [3.8, 4) is 0 Å². The van der Waals surface area contributed by atoms with Gasteiger partial charge >= 0.3 is 6.03 Å². The lowest BCUT2D eigenvalue weighted by atomic mass is 10.1. The van der Waals surface area contributed by atoms with Crippen LogP contribution in [-0.4, -0.2) is 59.0 Å². The summed E-state index contributed by atoms with van der Waals surface area (Å²) in [5, 5.41) is 13.9. The van der Waals surface area contributed by atoms with Gasteiger partial charge < -0.3 is 26.4 Å². The number of primary amides is 1. The summed E-state index contributed by atoms with van der Waals surface area (Å²) in [7, 11) is 0. The second kappa shape index (κ2) is 8.67. The molecule has 1 fully saturated rings. The van der Waals surface area contributed by atoms with Gasteiger partial charge in [0.25, 0.3) is 5.91 Å². The molecule has 2 aromatic heterocycles. The number of urea groups is 1. The topological polar surface area (TPSA) is 136 Å². The molecule has 0 atom stereocenters. The molecule has 10 heteroatoms. The van der Waals surface area contributed by atoms with Gasteiger partial charge in [0.1, 0.15) is 0 Å². The van der Waals surface area contributed by atoms with Crippen LogP contribution in [0, 0.1) is 0 Å². The molecular weight excluding hydrogens is 350 g/mol. The Morgan fingerprint density at radius 1 is 1.26 bits per heavy atom. The minimum Gasteiger partial charge on any atom is -0.381 e. The summed E-state index contributed by atoms with van der Waals surface area (Å²) in [6.07, 6.45) is 5.04. The van der Waals surface area contributed by atoms with E-state index in [9.17, 15) is 9.59 Å². The lowest BCUT2D eigenvalue weighted by Crippen LogP contribution is -2.37. The van der Waals surface area contributed by atoms with Crippen molar-refractivity contribution in [3.63, 3.8) is 0 Å². The van der Waals surface area contributed by atoms with Gasteiger partial charge in [-0.15, -0.1) is 0 Å². The van der Waals surface area contributed by atoms with E-state index in [4.69, 9.17) is 10.5 Å². The van der Waals surface area contributed by atoms with E-state index in [-0.39, 0.29) is 25.0 Å². The largest absolute Gasteiger partial charge is 0.381 e. The molecule has 1 aliphatic rings. The molecule has 0 saturated carbocycles. The Kier molecular flexibility index (Phi) is 6.07. The number of anilines is 1. The Hall–Kier alpha value is -2.88. The molecule has 27 heavy (non-hydrogen) atoms. The number of carbonyl (C=O) groups is 2. The highest BCUT2D eigenvalue weighted by molar-refractivity contribution is 6.06. The van der Waals surface area contributed by atoms with Gasteiger partial charge in [-0.05, 0) is 19.8 Å². The highest BCUT2D eigenvalue weighted by atomic mass is 16.5. The van der Waals surface area contributed by atoms with Crippen molar-refractivity contribution >= 4 is 28.7 Å². The van der Waals surface area contributed by atoms with Crippen LogP contribution in [0.4, 0.5) is 10.5 Å². The molecular formula is C17H25N7O3. The van der Waals surface area contributed by atoms with Gasteiger partial charge in [-0.3, -0.25) is 4.79 Å². The molecule has 5 N–H and O–H groups in total. The molecule has 1 saturated heterocycles. The quantitative estimate of drug-likeness (QED) is 0.519. The van der Waals surface area contributed by atoms with Crippen LogP contribution in [-0.2, 0) is 11.3 Å². The molecule has 0 radical (unpaired) electrons. The fourth-order valence-electron chi connectivity index (χ4n) is 3.09. The van der Waals surface area contributed by atoms with Gasteiger partial charge in [0.15, 0.2) is 5.65 Å². The molecule has 10 nitrogen and oxygen atoms in total. The monoisotopic (exact) mass is 375 g/mol. The van der Waals surface area contributed by atoms with Crippen molar-refractivity contribution in [2.24, 2.45) is 5.73 Å². The first kappa shape index (κ1) is 18.9. The molecule has 146 valence electrons. The minimum absolute atomic E-state index is 0.220. The van der Waals surface area contributed by atoms with Crippen molar-refractivity contribution in [3.05, 3.63) is 18.0 Å². The zero-order valence-electron chi connectivity index (χ0n) is 15.3. The molecule has 3 rings (SSSR count). The molecule has 2 aromatic rings. The number of nitrogens with one attached hydrogen (secondary N) is 3. The number of fused-ring (bicyclic) bond motifs is 1. The second-order valence-corrected chi connectivity index (χ2v) is 6.32. The maximum atomic E-state index is 12.7. The number of carbonyl (C=O) groups excluding carboxylic acids is 2. The third kappa shape index (κ3) is 4.45. The van der Waals surface area contributed by atoms with Crippen LogP contribution in [0.25, 0.3) is 11.0 Å². The molecule has 0 aliphatic carbocycles. The fraction of sp³-hybridized carbons (Fsp3) is 0.529. The molecule has 0 aromatic carbocycles. The van der Waals surface area contributed by atoms with E-state index in [1.54, 1.807) is 17.1 Å². The van der Waals surface area contributed by atoms with E-state index >= 15 is 0 Å². The van der Waals surface area contributed by atoms with Gasteiger partial charge in [-0.25, -0.2) is 14.5 Å². The molecule has 1 aliphatic heterocycles. The normalized spacial score (nSPS) is 14.9. The summed E-state index contributed by atoms with van der Waals surface area (Å²) in [4.78, 5) is 27.8. The Labute approximate surface area is 156 Å². The van der Waals surface area contributed by atoms with Crippen molar-refractivity contribution in [2.45, 2.75) is 32.4 Å². The SMILES string of the molecule is CCn1ncc2c(NC3CCOCC3)c(C(=O)NCCNC(N)=O)cnc21. The third-order valence-corrected chi connectivity index (χ3v) is 4.49. The van der Waals surface area contributed by atoms with E-state index < -0.39 is 6.03 Å². The van der Waals surface area contributed by atoms with Gasteiger partial charge in [0, 0.05) is 45.1 Å². The summed E-state index contributed by atoms with van der Waals surface area (Å²) in [5.41, 5.74) is 6.94. The van der Waals surface area contributed by atoms with E-state index in [0.29, 0.717) is 25.3 Å². The van der Waals surface area contributed by atoms with Crippen LogP contribution in [0.3, 0.4) is 0 Å². The molecule has 0 spiro atoms. The highest BCUT2D eigenvalue weighted by Crippen LogP contribution is 2.28. The first-order valence-corrected chi connectivity index (χ1v) is 9.10. The van der Waals surface area contributed by atoms with Gasteiger partial charge in [-0.1, -0.05) is 0 Å². The van der Waals surface area contributed by atoms with Crippen LogP contribution in [0.15, 0.2) is 12.4 Å². The van der Waals surface area contributed by atoms with Crippen molar-refractivity contribution < 1.29 is 14.3 Å². The highest BCUT2D eigenvalue weighted by Gasteiger charge is 2.21. The Bertz CT molecular complexity index is 814. The predicted molar refractivity (Wildman–Crippen MR) is 101 cm³/mol. The zero-order chi connectivity index (χ0) is 19.2. The lowest BCUT2D eigenvalue weighted by Gasteiger charge is -2.25. The average molecular weight is 375 g/mol. The van der Waals surface area contributed by atoms with E-state index in [1.165, 1.54) is 0 Å². The summed E-state index contributed by atoms with van der Waals surface area (Å²) in [6, 6.07) is -0.404. The number of nitrogens with two attached hydrogens (primary N) is 1. The number of hydrogen-bond donors (Lipinski definition) is 4. The van der Waals surface area contributed by atoms with E-state index in [2.05, 4.69) is 26.0 Å². The zero-order valence-corrected chi connectivity index (χ0v) is 15.3. The minimum atomic E-state index is -0.624. The first-order valence-electron chi connectivity index (χ1n) is 9.10. The Morgan fingerprint density at radius 3 is 2.70 bits per heavy atom. The number of ether oxygens (including phenoxy) is 1. The summed E-state index contributed by atoms with van der Waals surface area (Å²) in [5.74, 6) is -0.269. The van der Waals surface area contributed by atoms with Crippen LogP contribution in [0.5, 0.6) is 0 Å². The summed E-state index contributed by atoms with van der Waals surface area (Å²) < 4.78 is 7.21. The Morgan fingerprint density at radius 2 is 2.00 bits per heavy atom. The summed E-state index contributed by atoms with van der Waals surface area (Å²) in [6.45, 7) is 4.60. The van der Waals surface area contributed by atoms with Gasteiger partial charge in [0.05, 0.1) is 22.8 Å². The van der Waals surface area contributed by atoms with Crippen molar-refractivity contribution in [1.82, 2.24) is 25.4 Å². The average Bonchev–Trinajstić information content (AvgIpc) is 3.09. The standard InChI is InChI=1S/C17H25N7O3/c1-2-24-15-12(10-22-24)14(23-11-3-7-27-8-4-11)13(9-21-15)16(25)19-5-6-20-17(18)26/h9-11H,2-8H2,1H3,(H,19,25)(H,21,23)(H3,18,20,26). The Balaban J connectivity index is 1.84. The number of aryl methyl sites for hydroxylation is 1. The molecule has 0 unspecified atom stereocenters. The van der Waals surface area contributed by atoms with E-state index in [0.717, 1.165) is 29.6 Å². The van der Waals surface area contributed by atoms with Crippen LogP contribution >= 0.6 is 0 Å². The number of aromatic nitrogens is 3. The third-order valence-electron chi connectivity index (χ3n) is 4.49. The second-order valence-electron chi connectivity index (χ2n) is 6.32. The smallest absolute Gasteiger partial charge is 0.312 e. The number of rotatable bonds is 7. The predicted octanol–water partition coefficient (Wildman–Crippen LogP) is 0.440. The number of hydrogen-bond acceptors (Lipinski definition) is 6. The molecule has 0 bridgehead atoms. The molecule has 3 amide bonds. The lowest BCUT2D eigenvalue weighted by molar-refractivity contribution is 0.0904. The van der Waals surface area contributed by atoms with Crippen LogP contribution in [0.1, 0.15) is 30.1 Å². The fourth-order valence-corrected chi connectivity index (χ4v) is 3.09. The number of amides is 3. The van der Waals surface area contributed by atoms with Crippen LogP contribution in [0.2, 0.25) is 0 Å². The van der Waals surface area contributed by atoms with Crippen molar-refractivity contribution in [1.29, 1.82) is 0 Å². The maximum absolute atomic E-state index is 12.7. The molecule has 3 heterocycles. The number of nitrogens with zero attached hydrogens (tertiary/aromatic N) is 3. The summed E-state index contributed by atoms with van der Waals surface area (Å²) >= 11 is 0. The van der Waals surface area contributed by atoms with Crippen molar-refractivity contribution in [2.75, 3.05) is 31.6 Å². The maximum Gasteiger partial charge on any atom is 0.312 e. The first-order chi connectivity index (χ1) is 13.1.